The number of benzene rings is 1. The predicted molar refractivity (Wildman–Crippen MR) is 68.3 cm³/mol. The number of sulfonamides is 1. The van der Waals surface area contributed by atoms with Crippen LogP contribution in [-0.4, -0.2) is 25.0 Å². The topological polar surface area (TPSA) is 107 Å². The van der Waals surface area contributed by atoms with E-state index in [4.69, 9.17) is 5.73 Å². The Labute approximate surface area is 120 Å². The molecule has 12 heteroatoms. The van der Waals surface area contributed by atoms with Gasteiger partial charge >= 0.3 is 6.36 Å². The number of hydrogen-bond donors (Lipinski definition) is 2. The van der Waals surface area contributed by atoms with Crippen molar-refractivity contribution in [2.24, 2.45) is 0 Å². The molecular weight excluding hydrogens is 333 g/mol. The number of anilines is 2. The van der Waals surface area contributed by atoms with Crippen LogP contribution < -0.4 is 15.2 Å². The van der Waals surface area contributed by atoms with Crippen molar-refractivity contribution in [3.8, 4) is 5.75 Å². The van der Waals surface area contributed by atoms with Gasteiger partial charge < -0.3 is 10.5 Å². The molecular formula is C9H7F3N4O3S2. The van der Waals surface area contributed by atoms with Crippen molar-refractivity contribution in [1.82, 2.24) is 10.2 Å². The molecule has 0 fully saturated rings. The smallest absolute Gasteiger partial charge is 0.406 e. The first kappa shape index (κ1) is 15.3. The van der Waals surface area contributed by atoms with Gasteiger partial charge in [-0.3, -0.25) is 4.72 Å². The molecule has 0 atom stereocenters. The van der Waals surface area contributed by atoms with Crippen LogP contribution in [0.4, 0.5) is 24.0 Å². The van der Waals surface area contributed by atoms with Crippen molar-refractivity contribution in [1.29, 1.82) is 0 Å². The van der Waals surface area contributed by atoms with Crippen molar-refractivity contribution >= 4 is 32.2 Å². The van der Waals surface area contributed by atoms with E-state index in [1.807, 2.05) is 0 Å². The highest BCUT2D eigenvalue weighted by atomic mass is 32.2. The van der Waals surface area contributed by atoms with Gasteiger partial charge in [-0.15, -0.1) is 23.4 Å². The average Bonchev–Trinajstić information content (AvgIpc) is 2.77. The Hall–Kier alpha value is -2.08. The van der Waals surface area contributed by atoms with E-state index in [0.717, 1.165) is 24.3 Å². The second-order valence-electron chi connectivity index (χ2n) is 3.58. The number of rotatable bonds is 4. The van der Waals surface area contributed by atoms with Gasteiger partial charge in [0.1, 0.15) is 5.75 Å². The number of aromatic nitrogens is 2. The molecule has 0 radical (unpaired) electrons. The summed E-state index contributed by atoms with van der Waals surface area (Å²) in [6.45, 7) is 0. The number of nitrogen functional groups attached to an aromatic ring is 1. The van der Waals surface area contributed by atoms with Crippen molar-refractivity contribution in [3.05, 3.63) is 24.3 Å². The summed E-state index contributed by atoms with van der Waals surface area (Å²) in [6.07, 6.45) is -4.81. The van der Waals surface area contributed by atoms with E-state index in [9.17, 15) is 21.6 Å². The molecule has 0 aliphatic rings. The molecule has 0 aliphatic heterocycles. The summed E-state index contributed by atoms with van der Waals surface area (Å²) in [7, 11) is -3.99. The lowest BCUT2D eigenvalue weighted by molar-refractivity contribution is -0.274. The molecule has 1 heterocycles. The molecule has 1 aromatic carbocycles. The normalized spacial score (nSPS) is 12.1. The minimum Gasteiger partial charge on any atom is -0.406 e. The molecule has 0 bridgehead atoms. The van der Waals surface area contributed by atoms with E-state index in [-0.39, 0.29) is 15.2 Å². The summed E-state index contributed by atoms with van der Waals surface area (Å²) in [4.78, 5) is 0. The van der Waals surface area contributed by atoms with Gasteiger partial charge in [0.2, 0.25) is 5.13 Å². The van der Waals surface area contributed by atoms with Crippen LogP contribution in [0.15, 0.2) is 28.6 Å². The molecule has 0 spiro atoms. The van der Waals surface area contributed by atoms with Gasteiger partial charge in [0.05, 0.1) is 0 Å². The quantitative estimate of drug-likeness (QED) is 0.879. The Kier molecular flexibility index (Phi) is 3.91. The monoisotopic (exact) mass is 340 g/mol. The third kappa shape index (κ3) is 4.19. The number of ether oxygens (including phenoxy) is 1. The number of hydrogen-bond acceptors (Lipinski definition) is 7. The zero-order valence-corrected chi connectivity index (χ0v) is 11.6. The van der Waals surface area contributed by atoms with Gasteiger partial charge in [0.15, 0.2) is 0 Å². The van der Waals surface area contributed by atoms with Gasteiger partial charge in [-0.05, 0) is 24.3 Å². The summed E-state index contributed by atoms with van der Waals surface area (Å²) in [6, 6.07) is 4.17. The van der Waals surface area contributed by atoms with Crippen LogP contribution in [0, 0.1) is 0 Å². The maximum Gasteiger partial charge on any atom is 0.573 e. The van der Waals surface area contributed by atoms with Crippen LogP contribution in [-0.2, 0) is 10.0 Å². The lowest BCUT2D eigenvalue weighted by Gasteiger charge is -2.09. The van der Waals surface area contributed by atoms with Crippen LogP contribution in [0.25, 0.3) is 0 Å². The maximum atomic E-state index is 12.0. The third-order valence-corrected chi connectivity index (χ3v) is 4.49. The Morgan fingerprint density at radius 3 is 2.29 bits per heavy atom. The fraction of sp³-hybridized carbons (Fsp3) is 0.111. The summed E-state index contributed by atoms with van der Waals surface area (Å²) in [5, 5.41) is 6.71. The molecule has 0 saturated carbocycles. The van der Waals surface area contributed by atoms with Crippen LogP contribution in [0.5, 0.6) is 5.75 Å². The van der Waals surface area contributed by atoms with Gasteiger partial charge in [0.25, 0.3) is 14.4 Å². The Morgan fingerprint density at radius 1 is 1.19 bits per heavy atom. The maximum absolute atomic E-state index is 12.0. The van der Waals surface area contributed by atoms with Gasteiger partial charge in [-0.1, -0.05) is 11.3 Å². The largest absolute Gasteiger partial charge is 0.573 e. The first-order valence-electron chi connectivity index (χ1n) is 5.13. The molecule has 0 saturated heterocycles. The number of halogens is 3. The van der Waals surface area contributed by atoms with Crippen LogP contribution in [0.2, 0.25) is 0 Å². The van der Waals surface area contributed by atoms with Crippen molar-refractivity contribution in [2.45, 2.75) is 10.7 Å². The third-order valence-electron chi connectivity index (χ3n) is 1.99. The highest BCUT2D eigenvalue weighted by Crippen LogP contribution is 2.25. The minimum absolute atomic E-state index is 0.0238. The summed E-state index contributed by atoms with van der Waals surface area (Å²) >= 11 is 0.657. The number of alkyl halides is 3. The Bertz CT molecular complexity index is 727. The van der Waals surface area contributed by atoms with Crippen molar-refractivity contribution in [3.63, 3.8) is 0 Å². The van der Waals surface area contributed by atoms with E-state index in [1.165, 1.54) is 0 Å². The minimum atomic E-state index is -4.81. The van der Waals surface area contributed by atoms with Crippen LogP contribution in [0.3, 0.4) is 0 Å². The summed E-state index contributed by atoms with van der Waals surface area (Å²) < 4.78 is 65.1. The highest BCUT2D eigenvalue weighted by molar-refractivity contribution is 7.94. The molecule has 7 nitrogen and oxygen atoms in total. The van der Waals surface area contributed by atoms with Crippen LogP contribution in [0.1, 0.15) is 0 Å². The SMILES string of the molecule is Nc1nnc(S(=O)(=O)Nc2ccc(OC(F)(F)F)cc2)s1. The fourth-order valence-electron chi connectivity index (χ4n) is 1.25. The second kappa shape index (κ2) is 5.37. The zero-order valence-electron chi connectivity index (χ0n) is 9.96. The molecule has 0 amide bonds. The van der Waals surface area contributed by atoms with Crippen LogP contribution >= 0.6 is 11.3 Å². The van der Waals surface area contributed by atoms with E-state index in [0.29, 0.717) is 11.3 Å². The lowest BCUT2D eigenvalue weighted by atomic mass is 10.3. The molecule has 1 aromatic heterocycles. The molecule has 2 aromatic rings. The van der Waals surface area contributed by atoms with E-state index in [1.54, 1.807) is 0 Å². The number of nitrogens with zero attached hydrogens (tertiary/aromatic N) is 2. The first-order valence-corrected chi connectivity index (χ1v) is 7.43. The number of nitrogens with one attached hydrogen (secondary N) is 1. The molecule has 3 N–H and O–H groups in total. The standard InChI is InChI=1S/C9H7F3N4O3S2/c10-9(11,12)19-6-3-1-5(2-4-6)16-21(17,18)8-15-14-7(13)20-8/h1-4,16H,(H2,13,14). The summed E-state index contributed by atoms with van der Waals surface area (Å²) in [5.41, 5.74) is 5.32. The fourth-order valence-corrected chi connectivity index (χ4v) is 3.10. The van der Waals surface area contributed by atoms with Gasteiger partial charge in [-0.2, -0.15) is 8.42 Å². The first-order chi connectivity index (χ1) is 9.66. The van der Waals surface area contributed by atoms with E-state index < -0.39 is 22.1 Å². The van der Waals surface area contributed by atoms with Crippen molar-refractivity contribution in [2.75, 3.05) is 10.5 Å². The second-order valence-corrected chi connectivity index (χ2v) is 6.45. The average molecular weight is 340 g/mol. The van der Waals surface area contributed by atoms with E-state index >= 15 is 0 Å². The molecule has 2 rings (SSSR count). The lowest BCUT2D eigenvalue weighted by Crippen LogP contribution is -2.17. The van der Waals surface area contributed by atoms with E-state index in [2.05, 4.69) is 19.7 Å². The molecule has 114 valence electrons. The van der Waals surface area contributed by atoms with Gasteiger partial charge in [0, 0.05) is 5.69 Å². The molecule has 21 heavy (non-hydrogen) atoms. The molecule has 0 unspecified atom stereocenters. The zero-order chi connectivity index (χ0) is 15.7. The Morgan fingerprint density at radius 2 is 1.81 bits per heavy atom. The summed E-state index contributed by atoms with van der Waals surface area (Å²) in [5.74, 6) is -0.467. The van der Waals surface area contributed by atoms with Gasteiger partial charge in [-0.25, -0.2) is 0 Å². The Balaban J connectivity index is 2.13. The van der Waals surface area contributed by atoms with Crippen molar-refractivity contribution < 1.29 is 26.3 Å². The molecule has 0 aliphatic carbocycles. The number of nitrogens with two attached hydrogens (primary N) is 1. The predicted octanol–water partition coefficient (Wildman–Crippen LogP) is 1.82. The highest BCUT2D eigenvalue weighted by Gasteiger charge is 2.31.